The van der Waals surface area contributed by atoms with Crippen LogP contribution in [0.4, 0.5) is 16.2 Å². The van der Waals surface area contributed by atoms with Crippen molar-refractivity contribution in [2.45, 2.75) is 13.3 Å². The van der Waals surface area contributed by atoms with Gasteiger partial charge in [0.2, 0.25) is 5.91 Å². The van der Waals surface area contributed by atoms with Gasteiger partial charge < -0.3 is 20.3 Å². The van der Waals surface area contributed by atoms with E-state index in [0.717, 1.165) is 6.42 Å². The lowest BCUT2D eigenvalue weighted by Gasteiger charge is -2.22. The molecule has 2 aromatic rings. The van der Waals surface area contributed by atoms with Crippen molar-refractivity contribution in [1.82, 2.24) is 9.80 Å². The molecular weight excluding hydrogens is 432 g/mol. The molecule has 9 heteroatoms. The highest BCUT2D eigenvalue weighted by Crippen LogP contribution is 2.20. The molecule has 0 saturated carbocycles. The first-order valence-electron chi connectivity index (χ1n) is 10.6. The highest BCUT2D eigenvalue weighted by atomic mass is 35.5. The summed E-state index contributed by atoms with van der Waals surface area (Å²) >= 11 is 6.10. The summed E-state index contributed by atoms with van der Waals surface area (Å²) in [7, 11) is 0. The maximum atomic E-state index is 12.8. The number of esters is 1. The predicted molar refractivity (Wildman–Crippen MR) is 124 cm³/mol. The van der Waals surface area contributed by atoms with Crippen LogP contribution in [0.3, 0.4) is 0 Å². The lowest BCUT2D eigenvalue weighted by Crippen LogP contribution is -2.39. The van der Waals surface area contributed by atoms with Crippen molar-refractivity contribution in [1.29, 1.82) is 0 Å². The summed E-state index contributed by atoms with van der Waals surface area (Å²) in [6, 6.07) is 13.6. The van der Waals surface area contributed by atoms with Crippen molar-refractivity contribution in [2.24, 2.45) is 0 Å². The zero-order valence-electron chi connectivity index (χ0n) is 18.0. The predicted octanol–water partition coefficient (Wildman–Crippen LogP) is 3.70. The molecule has 0 aliphatic carbocycles. The molecular formula is C23H27ClN4O4. The van der Waals surface area contributed by atoms with E-state index in [4.69, 9.17) is 16.3 Å². The molecule has 1 fully saturated rings. The minimum atomic E-state index is -0.477. The summed E-state index contributed by atoms with van der Waals surface area (Å²) < 4.78 is 5.06. The van der Waals surface area contributed by atoms with Crippen molar-refractivity contribution < 1.29 is 19.1 Å². The lowest BCUT2D eigenvalue weighted by atomic mass is 10.2. The molecule has 0 radical (unpaired) electrons. The molecule has 170 valence electrons. The maximum absolute atomic E-state index is 12.8. The van der Waals surface area contributed by atoms with Gasteiger partial charge in [0.15, 0.2) is 0 Å². The van der Waals surface area contributed by atoms with E-state index in [1.165, 1.54) is 0 Å². The molecule has 1 aliphatic rings. The quantitative estimate of drug-likeness (QED) is 0.644. The van der Waals surface area contributed by atoms with Gasteiger partial charge in [0.1, 0.15) is 0 Å². The van der Waals surface area contributed by atoms with E-state index in [2.05, 4.69) is 10.6 Å². The Balaban J connectivity index is 1.54. The number of nitrogens with one attached hydrogen (secondary N) is 2. The van der Waals surface area contributed by atoms with Gasteiger partial charge >= 0.3 is 12.0 Å². The summed E-state index contributed by atoms with van der Waals surface area (Å²) in [5.41, 5.74) is 1.31. The van der Waals surface area contributed by atoms with Crippen LogP contribution in [0, 0.1) is 0 Å². The van der Waals surface area contributed by atoms with Crippen LogP contribution < -0.4 is 10.6 Å². The molecule has 0 spiro atoms. The fraction of sp³-hybridized carbons (Fsp3) is 0.348. The Morgan fingerprint density at radius 2 is 1.66 bits per heavy atom. The number of ether oxygens (including phenoxy) is 1. The van der Waals surface area contributed by atoms with Crippen LogP contribution in [0.25, 0.3) is 0 Å². The number of anilines is 2. The van der Waals surface area contributed by atoms with Crippen LogP contribution in [0.15, 0.2) is 48.5 Å². The molecule has 1 heterocycles. The van der Waals surface area contributed by atoms with Crippen molar-refractivity contribution >= 4 is 40.9 Å². The Morgan fingerprint density at radius 1 is 0.938 bits per heavy atom. The summed E-state index contributed by atoms with van der Waals surface area (Å²) in [6.45, 7) is 4.47. The third-order valence-corrected chi connectivity index (χ3v) is 5.38. The average Bonchev–Trinajstić information content (AvgIpc) is 3.01. The Morgan fingerprint density at radius 3 is 2.41 bits per heavy atom. The van der Waals surface area contributed by atoms with E-state index in [9.17, 15) is 14.4 Å². The molecule has 0 aromatic heterocycles. The van der Waals surface area contributed by atoms with E-state index in [1.807, 2.05) is 11.0 Å². The van der Waals surface area contributed by atoms with Crippen molar-refractivity contribution in [3.8, 4) is 0 Å². The van der Waals surface area contributed by atoms with Gasteiger partial charge in [-0.2, -0.15) is 0 Å². The topological polar surface area (TPSA) is 91.0 Å². The number of benzene rings is 2. The number of carbonyl (C=O) groups is 3. The summed E-state index contributed by atoms with van der Waals surface area (Å²) in [4.78, 5) is 41.0. The lowest BCUT2D eigenvalue weighted by molar-refractivity contribution is -0.117. The summed E-state index contributed by atoms with van der Waals surface area (Å²) in [6.07, 6.45) is 0.728. The smallest absolute Gasteiger partial charge is 0.340 e. The van der Waals surface area contributed by atoms with E-state index in [-0.39, 0.29) is 25.1 Å². The van der Waals surface area contributed by atoms with Gasteiger partial charge in [-0.15, -0.1) is 0 Å². The van der Waals surface area contributed by atoms with Crippen LogP contribution in [0.5, 0.6) is 0 Å². The number of hydrogen-bond acceptors (Lipinski definition) is 5. The van der Waals surface area contributed by atoms with Gasteiger partial charge in [-0.25, -0.2) is 9.59 Å². The fourth-order valence-electron chi connectivity index (χ4n) is 3.46. The molecule has 3 rings (SSSR count). The molecule has 3 amide bonds. The molecule has 32 heavy (non-hydrogen) atoms. The van der Waals surface area contributed by atoms with E-state index in [1.54, 1.807) is 54.3 Å². The average molecular weight is 459 g/mol. The first kappa shape index (κ1) is 23.6. The monoisotopic (exact) mass is 458 g/mol. The SMILES string of the molecule is CCOC(=O)c1ccccc1NC(=O)N1CCCN(CC(=O)Nc2ccccc2Cl)CC1. The molecule has 1 saturated heterocycles. The highest BCUT2D eigenvalue weighted by molar-refractivity contribution is 6.33. The number of amides is 3. The standard InChI is InChI=1S/C23H27ClN4O4/c1-2-32-22(30)17-8-3-5-10-19(17)26-23(31)28-13-7-12-27(14-15-28)16-21(29)25-20-11-6-4-9-18(20)24/h3-6,8-11H,2,7,12-16H2,1H3,(H,25,29)(H,26,31). The first-order chi connectivity index (χ1) is 15.5. The number of urea groups is 1. The van der Waals surface area contributed by atoms with Gasteiger partial charge in [0, 0.05) is 26.2 Å². The highest BCUT2D eigenvalue weighted by Gasteiger charge is 2.22. The second kappa shape index (κ2) is 11.5. The molecule has 2 aromatic carbocycles. The Hall–Kier alpha value is -3.10. The first-order valence-corrected chi connectivity index (χ1v) is 10.9. The number of para-hydroxylation sites is 2. The maximum Gasteiger partial charge on any atom is 0.340 e. The largest absolute Gasteiger partial charge is 0.462 e. The van der Waals surface area contributed by atoms with Crippen LogP contribution in [0.2, 0.25) is 5.02 Å². The Labute approximate surface area is 192 Å². The minimum absolute atomic E-state index is 0.153. The summed E-state index contributed by atoms with van der Waals surface area (Å²) in [5, 5.41) is 6.13. The third-order valence-electron chi connectivity index (χ3n) is 5.05. The number of hydrogen-bond donors (Lipinski definition) is 2. The number of carbonyl (C=O) groups excluding carboxylic acids is 3. The molecule has 0 unspecified atom stereocenters. The third kappa shape index (κ3) is 6.45. The molecule has 0 bridgehead atoms. The van der Waals surface area contributed by atoms with Crippen molar-refractivity contribution in [3.05, 3.63) is 59.1 Å². The zero-order chi connectivity index (χ0) is 22.9. The number of rotatable bonds is 6. The minimum Gasteiger partial charge on any atom is -0.462 e. The van der Waals surface area contributed by atoms with Gasteiger partial charge in [-0.1, -0.05) is 35.9 Å². The molecule has 0 atom stereocenters. The second-order valence-corrected chi connectivity index (χ2v) is 7.75. The molecule has 8 nitrogen and oxygen atoms in total. The second-order valence-electron chi connectivity index (χ2n) is 7.34. The van der Waals surface area contributed by atoms with Crippen molar-refractivity contribution in [2.75, 3.05) is 50.0 Å². The van der Waals surface area contributed by atoms with Crippen LogP contribution in [-0.4, -0.2) is 67.0 Å². The zero-order valence-corrected chi connectivity index (χ0v) is 18.7. The van der Waals surface area contributed by atoms with Crippen molar-refractivity contribution in [3.63, 3.8) is 0 Å². The van der Waals surface area contributed by atoms with E-state index >= 15 is 0 Å². The molecule has 2 N–H and O–H groups in total. The number of nitrogens with zero attached hydrogens (tertiary/aromatic N) is 2. The fourth-order valence-corrected chi connectivity index (χ4v) is 3.64. The van der Waals surface area contributed by atoms with Gasteiger partial charge in [-0.05, 0) is 37.6 Å². The normalized spacial score (nSPS) is 14.4. The van der Waals surface area contributed by atoms with E-state index < -0.39 is 5.97 Å². The van der Waals surface area contributed by atoms with Gasteiger partial charge in [0.05, 0.1) is 35.1 Å². The van der Waals surface area contributed by atoms with Crippen LogP contribution in [-0.2, 0) is 9.53 Å². The van der Waals surface area contributed by atoms with Gasteiger partial charge in [0.25, 0.3) is 0 Å². The summed E-state index contributed by atoms with van der Waals surface area (Å²) in [5.74, 6) is -0.630. The van der Waals surface area contributed by atoms with Crippen LogP contribution in [0.1, 0.15) is 23.7 Å². The Kier molecular flexibility index (Phi) is 8.47. The Bertz CT molecular complexity index is 969. The van der Waals surface area contributed by atoms with Gasteiger partial charge in [-0.3, -0.25) is 9.69 Å². The number of halogens is 1. The molecule has 1 aliphatic heterocycles. The van der Waals surface area contributed by atoms with Crippen LogP contribution >= 0.6 is 11.6 Å². The van der Waals surface area contributed by atoms with E-state index in [0.29, 0.717) is 48.1 Å².